The molecule has 0 saturated carbocycles. The van der Waals surface area contributed by atoms with E-state index in [0.717, 1.165) is 17.3 Å². The molecule has 10 heteroatoms. The molecule has 4 heterocycles. The van der Waals surface area contributed by atoms with Crippen molar-refractivity contribution in [1.82, 2.24) is 25.3 Å². The highest BCUT2D eigenvalue weighted by Gasteiger charge is 2.19. The van der Waals surface area contributed by atoms with E-state index in [9.17, 15) is 9.18 Å². The molecule has 3 aromatic heterocycles. The predicted molar refractivity (Wildman–Crippen MR) is 96.4 cm³/mol. The smallest absolute Gasteiger partial charge is 0.280 e. The van der Waals surface area contributed by atoms with Crippen molar-refractivity contribution < 1.29 is 13.4 Å². The summed E-state index contributed by atoms with van der Waals surface area (Å²) in [5.41, 5.74) is 2.06. The van der Waals surface area contributed by atoms with Gasteiger partial charge in [0.15, 0.2) is 0 Å². The molecule has 28 heavy (non-hydrogen) atoms. The Morgan fingerprint density at radius 3 is 2.93 bits per heavy atom. The summed E-state index contributed by atoms with van der Waals surface area (Å²) in [6, 6.07) is 5.34. The third-order valence-electron chi connectivity index (χ3n) is 4.33. The first kappa shape index (κ1) is 16.2. The normalized spacial score (nSPS) is 13.8. The van der Waals surface area contributed by atoms with E-state index in [-0.39, 0.29) is 35.8 Å². The summed E-state index contributed by atoms with van der Waals surface area (Å²) in [6.45, 7) is 0.171. The molecule has 0 bridgehead atoms. The fraction of sp³-hybridized carbons (Fsp3) is 0.111. The van der Waals surface area contributed by atoms with Crippen LogP contribution < -0.4 is 5.56 Å². The van der Waals surface area contributed by atoms with Crippen molar-refractivity contribution in [3.05, 3.63) is 64.4 Å². The van der Waals surface area contributed by atoms with Crippen LogP contribution in [-0.2, 0) is 6.42 Å². The number of H-pyrrole nitrogens is 1. The largest absolute Gasteiger partial charge is 0.364 e. The van der Waals surface area contributed by atoms with E-state index in [2.05, 4.69) is 30.3 Å². The van der Waals surface area contributed by atoms with E-state index >= 15 is 0 Å². The number of benzene rings is 1. The molecular formula is C18H11FN6O3. The van der Waals surface area contributed by atoms with Gasteiger partial charge in [0.1, 0.15) is 17.9 Å². The number of rotatable bonds is 4. The Morgan fingerprint density at radius 2 is 2.14 bits per heavy atom. The van der Waals surface area contributed by atoms with Crippen molar-refractivity contribution in [2.75, 3.05) is 6.54 Å². The number of aromatic amines is 1. The van der Waals surface area contributed by atoms with Gasteiger partial charge in [-0.1, -0.05) is 16.4 Å². The lowest BCUT2D eigenvalue weighted by Crippen LogP contribution is -2.12. The third kappa shape index (κ3) is 2.80. The Balaban J connectivity index is 1.46. The Morgan fingerprint density at radius 1 is 1.21 bits per heavy atom. The summed E-state index contributed by atoms with van der Waals surface area (Å²) in [5, 5.41) is 7.87. The average Bonchev–Trinajstić information content (AvgIpc) is 3.43. The highest BCUT2D eigenvalue weighted by atomic mass is 19.1. The van der Waals surface area contributed by atoms with Gasteiger partial charge in [0, 0.05) is 5.56 Å². The zero-order valence-corrected chi connectivity index (χ0v) is 14.2. The van der Waals surface area contributed by atoms with Gasteiger partial charge in [-0.25, -0.2) is 4.39 Å². The summed E-state index contributed by atoms with van der Waals surface area (Å²) in [4.78, 5) is 27.6. The van der Waals surface area contributed by atoms with Crippen LogP contribution in [0.15, 0.2) is 55.3 Å². The van der Waals surface area contributed by atoms with E-state index in [1.54, 1.807) is 18.3 Å². The highest BCUT2D eigenvalue weighted by molar-refractivity contribution is 5.92. The molecule has 9 nitrogen and oxygen atoms in total. The number of hydrogen-bond acceptors (Lipinski definition) is 8. The molecule has 0 unspecified atom stereocenters. The van der Waals surface area contributed by atoms with Gasteiger partial charge in [0.25, 0.3) is 5.56 Å². The Hall–Kier alpha value is -3.95. The minimum absolute atomic E-state index is 0.112. The molecule has 0 spiro atoms. The lowest BCUT2D eigenvalue weighted by molar-refractivity contribution is 0.381. The number of fused-ring (bicyclic) bond motifs is 1. The van der Waals surface area contributed by atoms with E-state index in [4.69, 9.17) is 9.05 Å². The van der Waals surface area contributed by atoms with E-state index in [1.165, 1.54) is 6.26 Å². The lowest BCUT2D eigenvalue weighted by atomic mass is 10.1. The second-order valence-electron chi connectivity index (χ2n) is 6.15. The SMILES string of the molecule is O=c1nc(Cc2nc(C3=C(F)C=NC3)no2)[nH]c2ccc(-c3cnoc3)cc12. The van der Waals surface area contributed by atoms with Crippen LogP contribution in [0.1, 0.15) is 17.5 Å². The monoisotopic (exact) mass is 378 g/mol. The summed E-state index contributed by atoms with van der Waals surface area (Å²) in [7, 11) is 0. The first-order valence-corrected chi connectivity index (χ1v) is 8.31. The van der Waals surface area contributed by atoms with Gasteiger partial charge in [0.05, 0.1) is 41.9 Å². The highest BCUT2D eigenvalue weighted by Crippen LogP contribution is 2.23. The molecule has 0 saturated heterocycles. The van der Waals surface area contributed by atoms with Crippen molar-refractivity contribution in [1.29, 1.82) is 0 Å². The zero-order chi connectivity index (χ0) is 19.1. The third-order valence-corrected chi connectivity index (χ3v) is 4.33. The number of halogens is 1. The summed E-state index contributed by atoms with van der Waals surface area (Å²) < 4.78 is 23.6. The quantitative estimate of drug-likeness (QED) is 0.578. The minimum Gasteiger partial charge on any atom is -0.364 e. The number of aromatic nitrogens is 5. The standard InChI is InChI=1S/C18H11FN6O3/c19-13-7-20-6-12(13)17-24-16(28-25-17)4-15-22-14-2-1-9(10-5-21-27-8-10)3-11(14)18(26)23-15/h1-3,5,7-8H,4,6H2,(H,22,23,26). The van der Waals surface area contributed by atoms with Crippen LogP contribution in [0, 0.1) is 0 Å². The molecule has 0 atom stereocenters. The van der Waals surface area contributed by atoms with Crippen LogP contribution in [0.3, 0.4) is 0 Å². The van der Waals surface area contributed by atoms with Crippen LogP contribution in [0.4, 0.5) is 4.39 Å². The van der Waals surface area contributed by atoms with Gasteiger partial charge in [-0.15, -0.1) is 0 Å². The van der Waals surface area contributed by atoms with E-state index < -0.39 is 5.83 Å². The fourth-order valence-corrected chi connectivity index (χ4v) is 2.95. The summed E-state index contributed by atoms with van der Waals surface area (Å²) >= 11 is 0. The molecule has 0 radical (unpaired) electrons. The number of allylic oxidation sites excluding steroid dienone is 1. The number of nitrogens with one attached hydrogen (secondary N) is 1. The summed E-state index contributed by atoms with van der Waals surface area (Å²) in [6.07, 6.45) is 4.30. The van der Waals surface area contributed by atoms with Gasteiger partial charge < -0.3 is 14.0 Å². The Kier molecular flexibility index (Phi) is 3.68. The maximum atomic E-state index is 13.6. The maximum absolute atomic E-state index is 13.6. The minimum atomic E-state index is -0.479. The van der Waals surface area contributed by atoms with E-state index in [1.807, 2.05) is 6.07 Å². The van der Waals surface area contributed by atoms with Gasteiger partial charge in [-0.05, 0) is 17.7 Å². The molecular weight excluding hydrogens is 367 g/mol. The van der Waals surface area contributed by atoms with Gasteiger partial charge >= 0.3 is 0 Å². The molecule has 138 valence electrons. The van der Waals surface area contributed by atoms with Crippen LogP contribution >= 0.6 is 0 Å². The topological polar surface area (TPSA) is 123 Å². The van der Waals surface area contributed by atoms with Gasteiger partial charge in [-0.2, -0.15) is 9.97 Å². The second-order valence-corrected chi connectivity index (χ2v) is 6.15. The van der Waals surface area contributed by atoms with Gasteiger partial charge in [0.2, 0.25) is 11.7 Å². The molecule has 4 aromatic rings. The number of aliphatic imine (C=N–C) groups is 1. The zero-order valence-electron chi connectivity index (χ0n) is 14.2. The maximum Gasteiger partial charge on any atom is 0.280 e. The number of nitrogens with zero attached hydrogens (tertiary/aromatic N) is 5. The molecule has 0 fully saturated rings. The number of hydrogen-bond donors (Lipinski definition) is 1. The fourth-order valence-electron chi connectivity index (χ4n) is 2.95. The van der Waals surface area contributed by atoms with Crippen molar-refractivity contribution >= 4 is 22.7 Å². The molecule has 1 N–H and O–H groups in total. The molecule has 1 aliphatic rings. The predicted octanol–water partition coefficient (Wildman–Crippen LogP) is 2.32. The molecule has 1 aliphatic heterocycles. The summed E-state index contributed by atoms with van der Waals surface area (Å²) in [5.74, 6) is 0.244. The van der Waals surface area contributed by atoms with Crippen LogP contribution in [-0.4, -0.2) is 38.0 Å². The van der Waals surface area contributed by atoms with Crippen molar-refractivity contribution in [2.24, 2.45) is 4.99 Å². The molecule has 0 amide bonds. The Labute approximate surface area is 155 Å². The molecule has 1 aromatic carbocycles. The van der Waals surface area contributed by atoms with Gasteiger partial charge in [-0.3, -0.25) is 9.79 Å². The second kappa shape index (κ2) is 6.34. The first-order valence-electron chi connectivity index (χ1n) is 8.31. The molecule has 0 aliphatic carbocycles. The van der Waals surface area contributed by atoms with Crippen molar-refractivity contribution in [3.8, 4) is 11.1 Å². The van der Waals surface area contributed by atoms with Crippen molar-refractivity contribution in [3.63, 3.8) is 0 Å². The van der Waals surface area contributed by atoms with Crippen molar-refractivity contribution in [2.45, 2.75) is 6.42 Å². The van der Waals surface area contributed by atoms with Crippen LogP contribution in [0.2, 0.25) is 0 Å². The lowest BCUT2D eigenvalue weighted by Gasteiger charge is -2.03. The average molecular weight is 378 g/mol. The Bertz CT molecular complexity index is 1300. The first-order chi connectivity index (χ1) is 13.7. The molecule has 5 rings (SSSR count). The van der Waals surface area contributed by atoms with E-state index in [0.29, 0.717) is 16.7 Å². The van der Waals surface area contributed by atoms with Crippen LogP contribution in [0.25, 0.3) is 27.6 Å². The van der Waals surface area contributed by atoms with Crippen LogP contribution in [0.5, 0.6) is 0 Å².